The molecule has 3 aliphatic rings. The molecule has 5 rings (SSSR count). The molecule has 1 unspecified atom stereocenters. The first-order valence-electron chi connectivity index (χ1n) is 17.5. The number of alkyl halides is 1. The molecular weight excluding hydrogens is 637 g/mol. The normalized spacial score (nSPS) is 27.0. The zero-order valence-electron chi connectivity index (χ0n) is 28.9. The van der Waals surface area contributed by atoms with Crippen molar-refractivity contribution >= 4 is 40.6 Å². The number of anilines is 1. The van der Waals surface area contributed by atoms with E-state index in [4.69, 9.17) is 29.1 Å². The van der Waals surface area contributed by atoms with Crippen molar-refractivity contribution < 1.29 is 46.9 Å². The summed E-state index contributed by atoms with van der Waals surface area (Å²) in [7, 11) is 1.73. The van der Waals surface area contributed by atoms with E-state index in [2.05, 4.69) is 5.32 Å². The lowest BCUT2D eigenvalue weighted by molar-refractivity contribution is -0.142. The van der Waals surface area contributed by atoms with E-state index < -0.39 is 43.3 Å². The Kier molecular flexibility index (Phi) is 12.2. The fourth-order valence-electron chi connectivity index (χ4n) is 7.83. The number of rotatable bonds is 11. The SMILES string of the molecule is COC1CCC([C@@H]2CCN(C(=O)C3CCC([C@H](N)CF)CC3)[C@@H]2C(=O)Nc2ccc3oc(C(=O)OC(C)OC(=O)OC(C)C)cc3c2)CC1. The summed E-state index contributed by atoms with van der Waals surface area (Å²) >= 11 is 0. The van der Waals surface area contributed by atoms with Gasteiger partial charge in [-0.25, -0.2) is 14.0 Å². The predicted octanol–water partition coefficient (Wildman–Crippen LogP) is 5.96. The number of hydrogen-bond acceptors (Lipinski definition) is 10. The topological polar surface area (TPSA) is 160 Å². The Labute approximate surface area is 286 Å². The van der Waals surface area contributed by atoms with Crippen molar-refractivity contribution in [1.82, 2.24) is 4.90 Å². The fourth-order valence-corrected chi connectivity index (χ4v) is 7.83. The molecule has 12 nitrogen and oxygen atoms in total. The predicted molar refractivity (Wildman–Crippen MR) is 178 cm³/mol. The highest BCUT2D eigenvalue weighted by molar-refractivity contribution is 6.00. The lowest BCUT2D eigenvalue weighted by atomic mass is 9.75. The second-order valence-corrected chi connectivity index (χ2v) is 14.0. The number of amides is 2. The Morgan fingerprint density at radius 2 is 1.67 bits per heavy atom. The number of nitrogens with zero attached hydrogens (tertiary/aromatic N) is 1. The van der Waals surface area contributed by atoms with Crippen molar-refractivity contribution in [1.29, 1.82) is 0 Å². The van der Waals surface area contributed by atoms with Gasteiger partial charge < -0.3 is 39.3 Å². The number of hydrogen-bond donors (Lipinski definition) is 2. The molecule has 2 aliphatic carbocycles. The first kappa shape index (κ1) is 36.6. The molecule has 2 saturated carbocycles. The molecule has 3 fully saturated rings. The number of carbonyl (C=O) groups excluding carboxylic acids is 4. The number of methoxy groups -OCH3 is 1. The summed E-state index contributed by atoms with van der Waals surface area (Å²) in [6.45, 7) is 4.67. The van der Waals surface area contributed by atoms with E-state index in [1.165, 1.54) is 13.0 Å². The van der Waals surface area contributed by atoms with Gasteiger partial charge >= 0.3 is 12.1 Å². The largest absolute Gasteiger partial charge is 0.511 e. The first-order valence-corrected chi connectivity index (χ1v) is 17.5. The van der Waals surface area contributed by atoms with Gasteiger partial charge in [0.05, 0.1) is 12.2 Å². The number of nitrogens with two attached hydrogens (primary N) is 1. The third-order valence-electron chi connectivity index (χ3n) is 10.4. The van der Waals surface area contributed by atoms with Crippen LogP contribution in [0.25, 0.3) is 11.0 Å². The van der Waals surface area contributed by atoms with Gasteiger partial charge in [-0.2, -0.15) is 0 Å². The molecule has 1 saturated heterocycles. The lowest BCUT2D eigenvalue weighted by Crippen LogP contribution is -2.50. The highest BCUT2D eigenvalue weighted by atomic mass is 19.1. The number of likely N-dealkylation sites (tertiary alicyclic amines) is 1. The van der Waals surface area contributed by atoms with Crippen molar-refractivity contribution in [3.05, 3.63) is 30.0 Å². The number of furan rings is 1. The van der Waals surface area contributed by atoms with Crippen molar-refractivity contribution in [2.24, 2.45) is 29.4 Å². The van der Waals surface area contributed by atoms with E-state index in [1.54, 1.807) is 44.1 Å². The Bertz CT molecular complexity index is 1460. The maximum Gasteiger partial charge on any atom is 0.511 e. The summed E-state index contributed by atoms with van der Waals surface area (Å²) in [5, 5.41) is 3.60. The lowest BCUT2D eigenvalue weighted by Gasteiger charge is -2.37. The standard InChI is InChI=1S/C36H50FN3O9/c1-20(2)46-36(44)48-21(3)47-35(43)31-18-25-17-26(11-14-30(25)49-31)39-33(41)32-28(22-9-12-27(45-4)13-10-22)15-16-40(32)34(42)24-7-5-23(6-8-24)29(38)19-37/h11,14,17-18,20-24,27-29,32H,5-10,12-13,15-16,19,38H2,1-4H3,(H,39,41)/t21?,22?,23?,24?,27?,28-,29+,32-/m0/s1. The Balaban J connectivity index is 1.28. The van der Waals surface area contributed by atoms with Gasteiger partial charge in [-0.1, -0.05) is 0 Å². The Hall–Kier alpha value is -3.71. The highest BCUT2D eigenvalue weighted by Crippen LogP contribution is 2.42. The number of carbonyl (C=O) groups is 4. The number of benzene rings is 1. The van der Waals surface area contributed by atoms with Crippen molar-refractivity contribution in [2.45, 2.75) is 109 Å². The number of ether oxygens (including phenoxy) is 4. The van der Waals surface area contributed by atoms with E-state index in [0.29, 0.717) is 54.8 Å². The molecule has 1 aliphatic heterocycles. The molecule has 1 aromatic heterocycles. The molecule has 2 aromatic rings. The smallest absolute Gasteiger partial charge is 0.449 e. The fraction of sp³-hybridized carbons (Fsp3) is 0.667. The van der Waals surface area contributed by atoms with E-state index in [1.807, 2.05) is 0 Å². The van der Waals surface area contributed by atoms with Crippen LogP contribution in [0.3, 0.4) is 0 Å². The molecule has 0 spiro atoms. The van der Waals surface area contributed by atoms with Crippen molar-refractivity contribution in [3.8, 4) is 0 Å². The van der Waals surface area contributed by atoms with Gasteiger partial charge in [-0.15, -0.1) is 0 Å². The van der Waals surface area contributed by atoms with Crippen LogP contribution in [0.4, 0.5) is 14.9 Å². The van der Waals surface area contributed by atoms with Gasteiger partial charge in [0.1, 0.15) is 18.3 Å². The molecular formula is C36H50FN3O9. The molecule has 3 N–H and O–H groups in total. The molecule has 4 atom stereocenters. The molecule has 1 aromatic carbocycles. The van der Waals surface area contributed by atoms with E-state index >= 15 is 0 Å². The summed E-state index contributed by atoms with van der Waals surface area (Å²) in [4.78, 5) is 54.4. The summed E-state index contributed by atoms with van der Waals surface area (Å²) in [5.74, 6) is -1.03. The average molecular weight is 688 g/mol. The Morgan fingerprint density at radius 1 is 0.959 bits per heavy atom. The number of esters is 1. The number of halogens is 1. The number of nitrogens with one attached hydrogen (secondary N) is 1. The summed E-state index contributed by atoms with van der Waals surface area (Å²) in [6.07, 6.45) is 4.81. The van der Waals surface area contributed by atoms with Gasteiger partial charge in [-0.05, 0) is 114 Å². The second kappa shape index (κ2) is 16.3. The number of fused-ring (bicyclic) bond motifs is 1. The zero-order chi connectivity index (χ0) is 35.2. The van der Waals surface area contributed by atoms with Gasteiger partial charge in [0.25, 0.3) is 0 Å². The summed E-state index contributed by atoms with van der Waals surface area (Å²) in [6, 6.07) is 5.38. The first-order chi connectivity index (χ1) is 23.5. The van der Waals surface area contributed by atoms with Crippen LogP contribution in [0, 0.1) is 23.7 Å². The van der Waals surface area contributed by atoms with E-state index in [-0.39, 0.29) is 41.4 Å². The zero-order valence-corrected chi connectivity index (χ0v) is 28.9. The quantitative estimate of drug-likeness (QED) is 0.213. The highest BCUT2D eigenvalue weighted by Gasteiger charge is 2.47. The van der Waals surface area contributed by atoms with Crippen LogP contribution in [0.1, 0.15) is 89.1 Å². The minimum Gasteiger partial charge on any atom is -0.449 e. The molecule has 2 amide bonds. The van der Waals surface area contributed by atoms with Crippen LogP contribution >= 0.6 is 0 Å². The van der Waals surface area contributed by atoms with Gasteiger partial charge in [-0.3, -0.25) is 9.59 Å². The van der Waals surface area contributed by atoms with Crippen molar-refractivity contribution in [3.63, 3.8) is 0 Å². The third-order valence-corrected chi connectivity index (χ3v) is 10.4. The average Bonchev–Trinajstić information content (AvgIpc) is 3.72. The van der Waals surface area contributed by atoms with Crippen LogP contribution in [0.2, 0.25) is 0 Å². The van der Waals surface area contributed by atoms with Crippen LogP contribution in [0.5, 0.6) is 0 Å². The monoisotopic (exact) mass is 687 g/mol. The second-order valence-electron chi connectivity index (χ2n) is 14.0. The van der Waals surface area contributed by atoms with Gasteiger partial charge in [0.15, 0.2) is 0 Å². The molecule has 0 radical (unpaired) electrons. The van der Waals surface area contributed by atoms with Gasteiger partial charge in [0.2, 0.25) is 23.9 Å². The minimum absolute atomic E-state index is 0.00962. The molecule has 13 heteroatoms. The maximum absolute atomic E-state index is 14.2. The molecule has 270 valence electrons. The Morgan fingerprint density at radius 3 is 2.33 bits per heavy atom. The van der Waals surface area contributed by atoms with Crippen LogP contribution in [-0.2, 0) is 28.5 Å². The molecule has 49 heavy (non-hydrogen) atoms. The minimum atomic E-state index is -1.21. The van der Waals surface area contributed by atoms with Crippen LogP contribution in [0.15, 0.2) is 28.7 Å². The van der Waals surface area contributed by atoms with E-state index in [9.17, 15) is 23.6 Å². The summed E-state index contributed by atoms with van der Waals surface area (Å²) < 4.78 is 39.5. The summed E-state index contributed by atoms with van der Waals surface area (Å²) in [5.41, 5.74) is 6.85. The van der Waals surface area contributed by atoms with Crippen LogP contribution < -0.4 is 11.1 Å². The van der Waals surface area contributed by atoms with E-state index in [0.717, 1.165) is 32.1 Å². The maximum atomic E-state index is 14.2. The van der Waals surface area contributed by atoms with Crippen LogP contribution in [-0.4, -0.2) is 79.7 Å². The van der Waals surface area contributed by atoms with Crippen molar-refractivity contribution in [2.75, 3.05) is 25.6 Å². The third kappa shape index (κ3) is 8.91. The van der Waals surface area contributed by atoms with Gasteiger partial charge in [0, 0.05) is 43.6 Å². The molecule has 0 bridgehead atoms. The molecule has 2 heterocycles.